The molecule has 1 aliphatic carbocycles. The minimum absolute atomic E-state index is 0.199. The molecule has 0 fully saturated rings. The zero-order chi connectivity index (χ0) is 17.9. The first-order valence-electron chi connectivity index (χ1n) is 9.56. The van der Waals surface area contributed by atoms with E-state index in [0.717, 1.165) is 24.1 Å². The summed E-state index contributed by atoms with van der Waals surface area (Å²) in [7, 11) is 0. The van der Waals surface area contributed by atoms with E-state index in [2.05, 4.69) is 36.2 Å². The molecule has 1 heterocycles. The summed E-state index contributed by atoms with van der Waals surface area (Å²) in [5.74, 6) is 0.232. The number of pyridine rings is 1. The number of hydrogen-bond donors (Lipinski definition) is 0. The molecule has 132 valence electrons. The fourth-order valence-corrected chi connectivity index (χ4v) is 3.92. The van der Waals surface area contributed by atoms with Gasteiger partial charge in [-0.25, -0.2) is 4.39 Å². The fourth-order valence-electron chi connectivity index (χ4n) is 3.92. The van der Waals surface area contributed by atoms with E-state index in [0.29, 0.717) is 11.5 Å². The standard InChI is InChI=1S/C24H24FN/c1-2-3-6-17-9-10-18-14-21(15-20(18)13-17)24-12-11-19(16-26-24)22-7-4-5-8-23(22)25/h4-5,7-13,16,21H,2-3,6,14-15H2,1H3. The van der Waals surface area contributed by atoms with Crippen LogP contribution in [0.3, 0.4) is 0 Å². The summed E-state index contributed by atoms with van der Waals surface area (Å²) in [6.45, 7) is 2.24. The monoisotopic (exact) mass is 345 g/mol. The first-order valence-corrected chi connectivity index (χ1v) is 9.56. The van der Waals surface area contributed by atoms with E-state index >= 15 is 0 Å². The van der Waals surface area contributed by atoms with E-state index in [4.69, 9.17) is 0 Å². The average Bonchev–Trinajstić information content (AvgIpc) is 3.10. The molecule has 0 amide bonds. The molecule has 3 aromatic rings. The quantitative estimate of drug-likeness (QED) is 0.543. The van der Waals surface area contributed by atoms with Crippen LogP contribution in [0.25, 0.3) is 11.1 Å². The van der Waals surface area contributed by atoms with Crippen LogP contribution in [0.4, 0.5) is 4.39 Å². The van der Waals surface area contributed by atoms with Gasteiger partial charge in [-0.1, -0.05) is 55.8 Å². The summed E-state index contributed by atoms with van der Waals surface area (Å²) in [6.07, 6.45) is 7.57. The van der Waals surface area contributed by atoms with Gasteiger partial charge < -0.3 is 0 Å². The third kappa shape index (κ3) is 3.41. The van der Waals surface area contributed by atoms with Gasteiger partial charge in [-0.2, -0.15) is 0 Å². The van der Waals surface area contributed by atoms with Gasteiger partial charge in [0.15, 0.2) is 0 Å². The number of benzene rings is 2. The van der Waals surface area contributed by atoms with Crippen molar-refractivity contribution in [2.45, 2.75) is 44.9 Å². The van der Waals surface area contributed by atoms with Gasteiger partial charge in [0, 0.05) is 28.9 Å². The van der Waals surface area contributed by atoms with E-state index in [1.54, 1.807) is 12.1 Å². The number of halogens is 1. The van der Waals surface area contributed by atoms with Gasteiger partial charge in [-0.05, 0) is 54.5 Å². The topological polar surface area (TPSA) is 12.9 Å². The molecule has 0 N–H and O–H groups in total. The molecule has 0 radical (unpaired) electrons. The predicted octanol–water partition coefficient (Wildman–Crippen LogP) is 6.11. The zero-order valence-electron chi connectivity index (χ0n) is 15.2. The van der Waals surface area contributed by atoms with Gasteiger partial charge in [-0.3, -0.25) is 4.98 Å². The molecular formula is C24H24FN. The summed E-state index contributed by atoms with van der Waals surface area (Å²) in [6, 6.07) is 17.9. The number of fused-ring (bicyclic) bond motifs is 1. The molecule has 26 heavy (non-hydrogen) atoms. The van der Waals surface area contributed by atoms with Gasteiger partial charge in [0.05, 0.1) is 0 Å². The molecule has 1 aliphatic rings. The average molecular weight is 345 g/mol. The van der Waals surface area contributed by atoms with Crippen LogP contribution in [0, 0.1) is 5.82 Å². The molecule has 0 saturated carbocycles. The van der Waals surface area contributed by atoms with Crippen molar-refractivity contribution in [3.8, 4) is 11.1 Å². The summed E-state index contributed by atoms with van der Waals surface area (Å²) in [5, 5.41) is 0. The minimum Gasteiger partial charge on any atom is -0.260 e. The van der Waals surface area contributed by atoms with Crippen molar-refractivity contribution in [1.29, 1.82) is 0 Å². The molecular weight excluding hydrogens is 321 g/mol. The molecule has 4 rings (SSSR count). The number of nitrogens with zero attached hydrogens (tertiary/aromatic N) is 1. The van der Waals surface area contributed by atoms with Crippen molar-refractivity contribution < 1.29 is 4.39 Å². The lowest BCUT2D eigenvalue weighted by Crippen LogP contribution is -2.01. The summed E-state index contributed by atoms with van der Waals surface area (Å²) in [5.41, 5.74) is 6.94. The number of hydrogen-bond acceptors (Lipinski definition) is 1. The van der Waals surface area contributed by atoms with Gasteiger partial charge >= 0.3 is 0 Å². The minimum atomic E-state index is -0.199. The Balaban J connectivity index is 1.51. The van der Waals surface area contributed by atoms with Crippen molar-refractivity contribution in [2.24, 2.45) is 0 Å². The Hall–Kier alpha value is -2.48. The second-order valence-corrected chi connectivity index (χ2v) is 7.26. The Bertz CT molecular complexity index is 898. The molecule has 2 aromatic carbocycles. The van der Waals surface area contributed by atoms with Crippen LogP contribution in [-0.4, -0.2) is 4.98 Å². The maximum atomic E-state index is 14.0. The Labute approximate surface area is 154 Å². The van der Waals surface area contributed by atoms with Gasteiger partial charge in [0.25, 0.3) is 0 Å². The second kappa shape index (κ2) is 7.41. The SMILES string of the molecule is CCCCc1ccc2c(c1)CC(c1ccc(-c3ccccc3F)cn1)C2. The molecule has 1 aromatic heterocycles. The maximum absolute atomic E-state index is 14.0. The van der Waals surface area contributed by atoms with Crippen LogP contribution in [0.5, 0.6) is 0 Å². The lowest BCUT2D eigenvalue weighted by Gasteiger charge is -2.10. The smallest absolute Gasteiger partial charge is 0.131 e. The van der Waals surface area contributed by atoms with Crippen molar-refractivity contribution >= 4 is 0 Å². The number of aromatic nitrogens is 1. The largest absolute Gasteiger partial charge is 0.260 e. The highest BCUT2D eigenvalue weighted by atomic mass is 19.1. The van der Waals surface area contributed by atoms with E-state index in [-0.39, 0.29) is 5.82 Å². The van der Waals surface area contributed by atoms with Gasteiger partial charge in [-0.15, -0.1) is 0 Å². The lowest BCUT2D eigenvalue weighted by molar-refractivity contribution is 0.631. The van der Waals surface area contributed by atoms with E-state index in [1.165, 1.54) is 42.0 Å². The highest BCUT2D eigenvalue weighted by molar-refractivity contribution is 5.63. The Kier molecular flexibility index (Phi) is 4.83. The number of unbranched alkanes of at least 4 members (excludes halogenated alkanes) is 1. The Morgan fingerprint density at radius 1 is 1.00 bits per heavy atom. The van der Waals surface area contributed by atoms with E-state index < -0.39 is 0 Å². The highest BCUT2D eigenvalue weighted by Gasteiger charge is 2.24. The normalized spacial score (nSPS) is 15.8. The highest BCUT2D eigenvalue weighted by Crippen LogP contribution is 2.34. The van der Waals surface area contributed by atoms with Crippen molar-refractivity contribution in [1.82, 2.24) is 4.98 Å². The number of aryl methyl sites for hydroxylation is 1. The molecule has 0 saturated heterocycles. The second-order valence-electron chi connectivity index (χ2n) is 7.26. The molecule has 0 bridgehead atoms. The first-order chi connectivity index (χ1) is 12.7. The lowest BCUT2D eigenvalue weighted by atomic mass is 9.99. The Morgan fingerprint density at radius 3 is 2.62 bits per heavy atom. The third-order valence-corrected chi connectivity index (χ3v) is 5.41. The van der Waals surface area contributed by atoms with Gasteiger partial charge in [0.1, 0.15) is 5.82 Å². The van der Waals surface area contributed by atoms with Crippen LogP contribution >= 0.6 is 0 Å². The zero-order valence-corrected chi connectivity index (χ0v) is 15.2. The summed E-state index contributed by atoms with van der Waals surface area (Å²) < 4.78 is 14.0. The third-order valence-electron chi connectivity index (χ3n) is 5.41. The first kappa shape index (κ1) is 17.0. The molecule has 1 atom stereocenters. The fraction of sp³-hybridized carbons (Fsp3) is 0.292. The molecule has 2 heteroatoms. The van der Waals surface area contributed by atoms with Crippen LogP contribution in [-0.2, 0) is 19.3 Å². The van der Waals surface area contributed by atoms with Crippen molar-refractivity contribution in [3.05, 3.63) is 89.0 Å². The van der Waals surface area contributed by atoms with Crippen LogP contribution < -0.4 is 0 Å². The molecule has 0 aliphatic heterocycles. The van der Waals surface area contributed by atoms with Gasteiger partial charge in [0.2, 0.25) is 0 Å². The van der Waals surface area contributed by atoms with Crippen molar-refractivity contribution in [2.75, 3.05) is 0 Å². The van der Waals surface area contributed by atoms with Crippen LogP contribution in [0.1, 0.15) is 48.1 Å². The molecule has 1 unspecified atom stereocenters. The van der Waals surface area contributed by atoms with Crippen molar-refractivity contribution in [3.63, 3.8) is 0 Å². The molecule has 0 spiro atoms. The predicted molar refractivity (Wildman–Crippen MR) is 105 cm³/mol. The summed E-state index contributed by atoms with van der Waals surface area (Å²) >= 11 is 0. The number of rotatable bonds is 5. The van der Waals surface area contributed by atoms with E-state index in [9.17, 15) is 4.39 Å². The van der Waals surface area contributed by atoms with E-state index in [1.807, 2.05) is 18.3 Å². The van der Waals surface area contributed by atoms with Crippen LogP contribution in [0.2, 0.25) is 0 Å². The van der Waals surface area contributed by atoms with Crippen LogP contribution in [0.15, 0.2) is 60.8 Å². The maximum Gasteiger partial charge on any atom is 0.131 e. The molecule has 1 nitrogen and oxygen atoms in total. The summed E-state index contributed by atoms with van der Waals surface area (Å²) in [4.78, 5) is 4.67. The Morgan fingerprint density at radius 2 is 1.85 bits per heavy atom.